The van der Waals surface area contributed by atoms with Crippen LogP contribution in [0.25, 0.3) is 0 Å². The van der Waals surface area contributed by atoms with E-state index in [4.69, 9.17) is 0 Å². The van der Waals surface area contributed by atoms with Gasteiger partial charge in [0.2, 0.25) is 0 Å². The minimum Gasteiger partial charge on any atom is -0.302 e. The summed E-state index contributed by atoms with van der Waals surface area (Å²) in [6, 6.07) is 6.86. The second-order valence-electron chi connectivity index (χ2n) is 5.98. The first-order valence-electron chi connectivity index (χ1n) is 7.69. The fourth-order valence-electron chi connectivity index (χ4n) is 3.20. The number of hydrogen-bond acceptors (Lipinski definition) is 2. The summed E-state index contributed by atoms with van der Waals surface area (Å²) >= 11 is 0. The minimum absolute atomic E-state index is 0.161. The zero-order chi connectivity index (χ0) is 14.7. The van der Waals surface area contributed by atoms with Gasteiger partial charge >= 0.3 is 0 Å². The first kappa shape index (κ1) is 14.3. The molecule has 21 heavy (non-hydrogen) atoms. The quantitative estimate of drug-likeness (QED) is 0.936. The van der Waals surface area contributed by atoms with Crippen LogP contribution >= 0.6 is 0 Å². The SMILES string of the molecule is Cc1cn[nH]c1[C@H]1CCCN(CCc2ccc(F)cc2)C1. The maximum Gasteiger partial charge on any atom is 0.123 e. The van der Waals surface area contributed by atoms with E-state index in [9.17, 15) is 4.39 Å². The molecule has 1 aliphatic rings. The van der Waals surface area contributed by atoms with Gasteiger partial charge < -0.3 is 4.90 Å². The van der Waals surface area contributed by atoms with Crippen LogP contribution in [0.3, 0.4) is 0 Å². The Labute approximate surface area is 125 Å². The topological polar surface area (TPSA) is 31.9 Å². The van der Waals surface area contributed by atoms with E-state index in [1.54, 1.807) is 12.1 Å². The van der Waals surface area contributed by atoms with Crippen molar-refractivity contribution in [2.75, 3.05) is 19.6 Å². The molecule has 0 aliphatic carbocycles. The summed E-state index contributed by atoms with van der Waals surface area (Å²) in [5, 5.41) is 7.30. The van der Waals surface area contributed by atoms with E-state index >= 15 is 0 Å². The largest absolute Gasteiger partial charge is 0.302 e. The number of rotatable bonds is 4. The lowest BCUT2D eigenvalue weighted by molar-refractivity contribution is 0.208. The molecule has 1 fully saturated rings. The van der Waals surface area contributed by atoms with E-state index in [1.807, 2.05) is 18.3 Å². The van der Waals surface area contributed by atoms with Gasteiger partial charge in [-0.3, -0.25) is 5.10 Å². The first-order chi connectivity index (χ1) is 10.2. The molecule has 3 nitrogen and oxygen atoms in total. The van der Waals surface area contributed by atoms with Gasteiger partial charge in [-0.15, -0.1) is 0 Å². The van der Waals surface area contributed by atoms with Crippen molar-refractivity contribution in [2.24, 2.45) is 0 Å². The Morgan fingerprint density at radius 2 is 2.14 bits per heavy atom. The van der Waals surface area contributed by atoms with Gasteiger partial charge in [0.1, 0.15) is 5.82 Å². The van der Waals surface area contributed by atoms with Crippen molar-refractivity contribution < 1.29 is 4.39 Å². The van der Waals surface area contributed by atoms with E-state index in [2.05, 4.69) is 22.0 Å². The Hall–Kier alpha value is -1.68. The molecule has 0 radical (unpaired) electrons. The summed E-state index contributed by atoms with van der Waals surface area (Å²) < 4.78 is 12.9. The van der Waals surface area contributed by atoms with Crippen molar-refractivity contribution in [1.29, 1.82) is 0 Å². The highest BCUT2D eigenvalue weighted by Gasteiger charge is 2.23. The molecule has 1 aromatic carbocycles. The van der Waals surface area contributed by atoms with Crippen molar-refractivity contribution in [3.8, 4) is 0 Å². The van der Waals surface area contributed by atoms with Crippen LogP contribution in [-0.4, -0.2) is 34.7 Å². The predicted octanol–water partition coefficient (Wildman–Crippen LogP) is 3.28. The van der Waals surface area contributed by atoms with E-state index in [1.165, 1.54) is 29.7 Å². The number of nitrogens with zero attached hydrogens (tertiary/aromatic N) is 2. The first-order valence-corrected chi connectivity index (χ1v) is 7.69. The molecular weight excluding hydrogens is 265 g/mol. The summed E-state index contributed by atoms with van der Waals surface area (Å²) in [5.74, 6) is 0.404. The molecule has 1 saturated heterocycles. The molecular formula is C17H22FN3. The molecule has 1 aromatic heterocycles. The zero-order valence-corrected chi connectivity index (χ0v) is 12.5. The maximum absolute atomic E-state index is 12.9. The summed E-state index contributed by atoms with van der Waals surface area (Å²) in [6.45, 7) is 5.40. The number of aryl methyl sites for hydroxylation is 1. The third-order valence-corrected chi connectivity index (χ3v) is 4.41. The van der Waals surface area contributed by atoms with Gasteiger partial charge in [-0.25, -0.2) is 4.39 Å². The van der Waals surface area contributed by atoms with Gasteiger partial charge in [0.25, 0.3) is 0 Å². The third-order valence-electron chi connectivity index (χ3n) is 4.41. The highest BCUT2D eigenvalue weighted by molar-refractivity contribution is 5.20. The summed E-state index contributed by atoms with van der Waals surface area (Å²) in [6.07, 6.45) is 5.35. The molecule has 0 spiro atoms. The Balaban J connectivity index is 1.56. The van der Waals surface area contributed by atoms with Gasteiger partial charge in [0.15, 0.2) is 0 Å². The average Bonchev–Trinajstić information content (AvgIpc) is 2.93. The monoisotopic (exact) mass is 287 g/mol. The second-order valence-corrected chi connectivity index (χ2v) is 5.98. The van der Waals surface area contributed by atoms with Crippen molar-refractivity contribution in [1.82, 2.24) is 15.1 Å². The number of H-pyrrole nitrogens is 1. The van der Waals surface area contributed by atoms with Crippen LogP contribution in [0.4, 0.5) is 4.39 Å². The van der Waals surface area contributed by atoms with Crippen LogP contribution in [0, 0.1) is 12.7 Å². The number of halogens is 1. The van der Waals surface area contributed by atoms with Crippen molar-refractivity contribution >= 4 is 0 Å². The van der Waals surface area contributed by atoms with Crippen LogP contribution in [-0.2, 0) is 6.42 Å². The second kappa shape index (κ2) is 6.39. The molecule has 4 heteroatoms. The van der Waals surface area contributed by atoms with Gasteiger partial charge in [0.05, 0.1) is 6.20 Å². The molecule has 2 heterocycles. The molecule has 0 saturated carbocycles. The van der Waals surface area contributed by atoms with Gasteiger partial charge in [-0.05, 0) is 56.0 Å². The van der Waals surface area contributed by atoms with E-state index < -0.39 is 0 Å². The number of piperidine rings is 1. The summed E-state index contributed by atoms with van der Waals surface area (Å²) in [5.41, 5.74) is 3.76. The highest BCUT2D eigenvalue weighted by Crippen LogP contribution is 2.27. The van der Waals surface area contributed by atoms with Gasteiger partial charge in [-0.2, -0.15) is 5.10 Å². The summed E-state index contributed by atoms with van der Waals surface area (Å²) in [7, 11) is 0. The summed E-state index contributed by atoms with van der Waals surface area (Å²) in [4.78, 5) is 2.51. The van der Waals surface area contributed by atoms with E-state index in [-0.39, 0.29) is 5.82 Å². The average molecular weight is 287 g/mol. The lowest BCUT2D eigenvalue weighted by atomic mass is 9.92. The number of hydrogen-bond donors (Lipinski definition) is 1. The van der Waals surface area contributed by atoms with Crippen LogP contribution in [0.5, 0.6) is 0 Å². The number of aromatic nitrogens is 2. The smallest absolute Gasteiger partial charge is 0.123 e. The molecule has 0 bridgehead atoms. The fraction of sp³-hybridized carbons (Fsp3) is 0.471. The number of aromatic amines is 1. The third kappa shape index (κ3) is 3.50. The van der Waals surface area contributed by atoms with E-state index in [0.29, 0.717) is 5.92 Å². The van der Waals surface area contributed by atoms with Crippen molar-refractivity contribution in [2.45, 2.75) is 32.1 Å². The fourth-order valence-corrected chi connectivity index (χ4v) is 3.20. The predicted molar refractivity (Wildman–Crippen MR) is 81.8 cm³/mol. The van der Waals surface area contributed by atoms with Gasteiger partial charge in [-0.1, -0.05) is 12.1 Å². The number of likely N-dealkylation sites (tertiary alicyclic amines) is 1. The Bertz CT molecular complexity index is 576. The van der Waals surface area contributed by atoms with Crippen molar-refractivity contribution in [3.05, 3.63) is 53.1 Å². The standard InChI is InChI=1S/C17H22FN3/c1-13-11-19-20-17(13)15-3-2-9-21(12-15)10-8-14-4-6-16(18)7-5-14/h4-7,11,15H,2-3,8-10,12H2,1H3,(H,19,20)/t15-/m0/s1. The molecule has 1 N–H and O–H groups in total. The number of benzene rings is 1. The Kier molecular flexibility index (Phi) is 4.34. The van der Waals surface area contributed by atoms with Crippen LogP contribution in [0.15, 0.2) is 30.5 Å². The lowest BCUT2D eigenvalue weighted by Gasteiger charge is -2.32. The Morgan fingerprint density at radius 1 is 1.33 bits per heavy atom. The maximum atomic E-state index is 12.9. The molecule has 2 aromatic rings. The minimum atomic E-state index is -0.161. The molecule has 0 amide bonds. The van der Waals surface area contributed by atoms with Crippen LogP contribution in [0.2, 0.25) is 0 Å². The molecule has 1 aliphatic heterocycles. The van der Waals surface area contributed by atoms with Crippen molar-refractivity contribution in [3.63, 3.8) is 0 Å². The Morgan fingerprint density at radius 3 is 2.86 bits per heavy atom. The zero-order valence-electron chi connectivity index (χ0n) is 12.5. The molecule has 112 valence electrons. The van der Waals surface area contributed by atoms with Gasteiger partial charge in [0, 0.05) is 24.7 Å². The normalized spacial score (nSPS) is 19.8. The number of nitrogens with one attached hydrogen (secondary N) is 1. The molecule has 3 rings (SSSR count). The van der Waals surface area contributed by atoms with E-state index in [0.717, 1.165) is 26.1 Å². The van der Waals surface area contributed by atoms with Crippen LogP contribution < -0.4 is 0 Å². The lowest BCUT2D eigenvalue weighted by Crippen LogP contribution is -2.36. The molecule has 1 atom stereocenters. The molecule has 0 unspecified atom stereocenters. The highest BCUT2D eigenvalue weighted by atomic mass is 19.1. The van der Waals surface area contributed by atoms with Crippen LogP contribution in [0.1, 0.15) is 35.6 Å².